The van der Waals surface area contributed by atoms with Crippen LogP contribution in [0.3, 0.4) is 0 Å². The summed E-state index contributed by atoms with van der Waals surface area (Å²) in [6.07, 6.45) is 2.53. The van der Waals surface area contributed by atoms with E-state index in [9.17, 15) is 13.5 Å². The Morgan fingerprint density at radius 3 is 2.55 bits per heavy atom. The highest BCUT2D eigenvalue weighted by Crippen LogP contribution is 2.28. The van der Waals surface area contributed by atoms with Crippen molar-refractivity contribution in [1.29, 1.82) is 5.26 Å². The van der Waals surface area contributed by atoms with Crippen molar-refractivity contribution in [3.05, 3.63) is 28.2 Å². The van der Waals surface area contributed by atoms with Gasteiger partial charge in [-0.25, -0.2) is 8.42 Å². The molecule has 108 valence electrons. The van der Waals surface area contributed by atoms with Crippen LogP contribution in [0, 0.1) is 17.2 Å². The molecule has 1 aliphatic carbocycles. The molecule has 0 radical (unpaired) electrons. The van der Waals surface area contributed by atoms with E-state index in [-0.39, 0.29) is 22.7 Å². The van der Waals surface area contributed by atoms with E-state index in [1.54, 1.807) is 6.07 Å². The molecule has 6 heteroatoms. The van der Waals surface area contributed by atoms with E-state index in [4.69, 9.17) is 5.26 Å². The number of nitrogens with zero attached hydrogens (tertiary/aromatic N) is 1. The maximum atomic E-state index is 12.4. The predicted molar refractivity (Wildman–Crippen MR) is 78.9 cm³/mol. The second kappa shape index (κ2) is 6.25. The normalized spacial score (nSPS) is 23.2. The van der Waals surface area contributed by atoms with Crippen molar-refractivity contribution in [3.8, 4) is 6.07 Å². The molecule has 1 aliphatic rings. The quantitative estimate of drug-likeness (QED) is 0.901. The third kappa shape index (κ3) is 3.60. The fourth-order valence-electron chi connectivity index (χ4n) is 2.50. The van der Waals surface area contributed by atoms with E-state index in [2.05, 4.69) is 15.9 Å². The molecule has 0 unspecified atom stereocenters. The monoisotopic (exact) mass is 357 g/mol. The molecule has 1 aromatic carbocycles. The van der Waals surface area contributed by atoms with Gasteiger partial charge in [-0.3, -0.25) is 0 Å². The Labute approximate surface area is 127 Å². The fraction of sp³-hybridized carbons (Fsp3) is 0.500. The summed E-state index contributed by atoms with van der Waals surface area (Å²) in [5.74, 6) is 0.184. The Bertz CT molecular complexity index is 628. The van der Waals surface area contributed by atoms with Crippen molar-refractivity contribution in [2.75, 3.05) is 5.75 Å². The number of aliphatic hydroxyl groups is 1. The molecule has 20 heavy (non-hydrogen) atoms. The van der Waals surface area contributed by atoms with Gasteiger partial charge < -0.3 is 5.11 Å². The summed E-state index contributed by atoms with van der Waals surface area (Å²) < 4.78 is 25.3. The molecule has 2 rings (SSSR count). The van der Waals surface area contributed by atoms with Gasteiger partial charge >= 0.3 is 0 Å². The molecule has 4 nitrogen and oxygen atoms in total. The highest BCUT2D eigenvalue weighted by Gasteiger charge is 2.26. The maximum Gasteiger partial charge on any atom is 0.178 e. The predicted octanol–water partition coefficient (Wildman–Crippen LogP) is 2.65. The van der Waals surface area contributed by atoms with E-state index >= 15 is 0 Å². The average Bonchev–Trinajstić information content (AvgIpc) is 2.41. The van der Waals surface area contributed by atoms with Crippen molar-refractivity contribution in [2.45, 2.75) is 36.7 Å². The van der Waals surface area contributed by atoms with Crippen LogP contribution in [0.5, 0.6) is 0 Å². The first-order chi connectivity index (χ1) is 9.42. The second-order valence-corrected chi connectivity index (χ2v) is 8.10. The van der Waals surface area contributed by atoms with Crippen LogP contribution in [0.1, 0.15) is 31.2 Å². The van der Waals surface area contributed by atoms with E-state index in [0.29, 0.717) is 22.9 Å². The van der Waals surface area contributed by atoms with Crippen molar-refractivity contribution >= 4 is 25.8 Å². The Balaban J connectivity index is 2.16. The van der Waals surface area contributed by atoms with Gasteiger partial charge in [0.25, 0.3) is 0 Å². The van der Waals surface area contributed by atoms with E-state index < -0.39 is 9.84 Å². The summed E-state index contributed by atoms with van der Waals surface area (Å²) in [6, 6.07) is 6.51. The first-order valence-electron chi connectivity index (χ1n) is 6.53. The minimum atomic E-state index is -3.38. The third-order valence-corrected chi connectivity index (χ3v) is 6.26. The smallest absolute Gasteiger partial charge is 0.178 e. The second-order valence-electron chi connectivity index (χ2n) is 5.21. The van der Waals surface area contributed by atoms with Crippen LogP contribution in [0.25, 0.3) is 0 Å². The fourth-order valence-corrected chi connectivity index (χ4v) is 4.56. The minimum absolute atomic E-state index is 0.0895. The van der Waals surface area contributed by atoms with Crippen LogP contribution in [0.4, 0.5) is 0 Å². The van der Waals surface area contributed by atoms with Gasteiger partial charge in [0, 0.05) is 4.47 Å². The van der Waals surface area contributed by atoms with Gasteiger partial charge in [-0.05, 0) is 65.7 Å². The molecule has 0 spiro atoms. The molecule has 0 amide bonds. The van der Waals surface area contributed by atoms with Gasteiger partial charge in [0.2, 0.25) is 0 Å². The lowest BCUT2D eigenvalue weighted by Crippen LogP contribution is -2.24. The Morgan fingerprint density at radius 1 is 1.30 bits per heavy atom. The Kier molecular flexibility index (Phi) is 4.84. The summed E-state index contributed by atoms with van der Waals surface area (Å²) in [7, 11) is -3.38. The zero-order valence-electron chi connectivity index (χ0n) is 10.9. The lowest BCUT2D eigenvalue weighted by Gasteiger charge is -2.25. The molecule has 0 saturated heterocycles. The van der Waals surface area contributed by atoms with Gasteiger partial charge in [-0.15, -0.1) is 0 Å². The van der Waals surface area contributed by atoms with Crippen LogP contribution in [0.2, 0.25) is 0 Å². The Morgan fingerprint density at radius 2 is 1.95 bits per heavy atom. The first-order valence-corrected chi connectivity index (χ1v) is 8.97. The largest absolute Gasteiger partial charge is 0.393 e. The highest BCUT2D eigenvalue weighted by molar-refractivity contribution is 9.10. The third-order valence-electron chi connectivity index (χ3n) is 3.69. The molecule has 1 fully saturated rings. The highest BCUT2D eigenvalue weighted by atomic mass is 79.9. The molecule has 0 atom stereocenters. The molecule has 0 heterocycles. The number of halogens is 1. The lowest BCUT2D eigenvalue weighted by molar-refractivity contribution is 0.113. The van der Waals surface area contributed by atoms with Crippen LogP contribution >= 0.6 is 15.9 Å². The van der Waals surface area contributed by atoms with Crippen molar-refractivity contribution in [3.63, 3.8) is 0 Å². The van der Waals surface area contributed by atoms with Crippen molar-refractivity contribution in [2.24, 2.45) is 5.92 Å². The number of sulfone groups is 1. The van der Waals surface area contributed by atoms with Crippen molar-refractivity contribution < 1.29 is 13.5 Å². The zero-order chi connectivity index (χ0) is 14.8. The number of rotatable bonds is 3. The summed E-state index contributed by atoms with van der Waals surface area (Å²) in [6.45, 7) is 0. The summed E-state index contributed by atoms with van der Waals surface area (Å²) in [5.41, 5.74) is 0.324. The summed E-state index contributed by atoms with van der Waals surface area (Å²) in [4.78, 5) is 0.198. The Hall–Kier alpha value is -0.900. The summed E-state index contributed by atoms with van der Waals surface area (Å²) >= 11 is 3.22. The van der Waals surface area contributed by atoms with Crippen LogP contribution in [-0.4, -0.2) is 25.4 Å². The van der Waals surface area contributed by atoms with Gasteiger partial charge in [0.15, 0.2) is 9.84 Å². The topological polar surface area (TPSA) is 78.2 Å². The molecule has 1 aromatic rings. The molecular weight excluding hydrogens is 342 g/mol. The molecule has 1 N–H and O–H groups in total. The SMILES string of the molecule is N#Cc1cc(S(=O)(=O)CC2CCC(O)CC2)ccc1Br. The zero-order valence-corrected chi connectivity index (χ0v) is 13.3. The lowest BCUT2D eigenvalue weighted by atomic mass is 9.89. The number of hydrogen-bond acceptors (Lipinski definition) is 4. The standard InChI is InChI=1S/C14H16BrNO3S/c15-14-6-5-13(7-11(14)8-16)20(18,19)9-10-1-3-12(17)4-2-10/h5-7,10,12,17H,1-4,9H2. The molecule has 1 saturated carbocycles. The van der Waals surface area contributed by atoms with Crippen LogP contribution in [-0.2, 0) is 9.84 Å². The maximum absolute atomic E-state index is 12.4. The van der Waals surface area contributed by atoms with Gasteiger partial charge in [0.1, 0.15) is 6.07 Å². The van der Waals surface area contributed by atoms with Gasteiger partial charge in [-0.1, -0.05) is 0 Å². The van der Waals surface area contributed by atoms with E-state index in [0.717, 1.165) is 12.8 Å². The number of hydrogen-bond donors (Lipinski definition) is 1. The van der Waals surface area contributed by atoms with E-state index in [1.165, 1.54) is 12.1 Å². The number of aliphatic hydroxyl groups excluding tert-OH is 1. The molecule has 0 aliphatic heterocycles. The van der Waals surface area contributed by atoms with Crippen molar-refractivity contribution in [1.82, 2.24) is 0 Å². The number of nitriles is 1. The van der Waals surface area contributed by atoms with Gasteiger partial charge in [0.05, 0.1) is 22.3 Å². The number of benzene rings is 1. The molecule has 0 aromatic heterocycles. The minimum Gasteiger partial charge on any atom is -0.393 e. The molecule has 0 bridgehead atoms. The van der Waals surface area contributed by atoms with E-state index in [1.807, 2.05) is 6.07 Å². The van der Waals surface area contributed by atoms with Gasteiger partial charge in [-0.2, -0.15) is 5.26 Å². The molecular formula is C14H16BrNO3S. The van der Waals surface area contributed by atoms with Crippen LogP contribution < -0.4 is 0 Å². The average molecular weight is 358 g/mol. The van der Waals surface area contributed by atoms with Crippen LogP contribution in [0.15, 0.2) is 27.6 Å². The first kappa shape index (κ1) is 15.5. The summed E-state index contributed by atoms with van der Waals surface area (Å²) in [5, 5.41) is 18.4.